The summed E-state index contributed by atoms with van der Waals surface area (Å²) in [6.45, 7) is 0. The molecule has 0 heterocycles. The topological polar surface area (TPSA) is 34.1 Å². The molecule has 132 valence electrons. The minimum Gasteiger partial charge on any atom is -0.293 e. The van der Waals surface area contributed by atoms with Crippen molar-refractivity contribution < 1.29 is 9.59 Å². The van der Waals surface area contributed by atoms with Crippen LogP contribution in [0, 0.1) is 0 Å². The van der Waals surface area contributed by atoms with Gasteiger partial charge in [-0.15, -0.1) is 11.8 Å². The van der Waals surface area contributed by atoms with Gasteiger partial charge in [-0.3, -0.25) is 9.59 Å². The average Bonchev–Trinajstić information content (AvgIpc) is 3.08. The average molecular weight is 370 g/mol. The highest BCUT2D eigenvalue weighted by Crippen LogP contribution is 2.29. The summed E-state index contributed by atoms with van der Waals surface area (Å²) >= 11 is 1.38. The van der Waals surface area contributed by atoms with Gasteiger partial charge in [0.05, 0.1) is 11.5 Å². The predicted octanol–water partition coefficient (Wildman–Crippen LogP) is 5.70. The Hall–Kier alpha value is -2.91. The second kappa shape index (κ2) is 7.77. The Balaban J connectivity index is 1.41. The van der Waals surface area contributed by atoms with Gasteiger partial charge in [-0.2, -0.15) is 0 Å². The molecule has 0 saturated heterocycles. The minimum absolute atomic E-state index is 0.0627. The first kappa shape index (κ1) is 17.5. The van der Waals surface area contributed by atoms with Gasteiger partial charge in [0.15, 0.2) is 11.6 Å². The molecule has 4 aliphatic rings. The smallest absolute Gasteiger partial charge is 0.173 e. The standard InChI is InChI=1S/C24H18O2S/c25-23(21-13-11-17-7-3-1-5-9-19(17)21)15-27-16-24(26)22-14-12-18-8-4-2-6-10-20(18)22/h1-14H,15-16H2. The second-order valence-electron chi connectivity index (χ2n) is 6.39. The molecule has 27 heavy (non-hydrogen) atoms. The third kappa shape index (κ3) is 3.64. The maximum absolute atomic E-state index is 12.6. The van der Waals surface area contributed by atoms with Crippen molar-refractivity contribution >= 4 is 23.3 Å². The van der Waals surface area contributed by atoms with Crippen LogP contribution in [0.4, 0.5) is 0 Å². The Morgan fingerprint density at radius 3 is 1.48 bits per heavy atom. The molecule has 3 heteroatoms. The molecule has 0 spiro atoms. The lowest BCUT2D eigenvalue weighted by Gasteiger charge is -2.03. The number of hydrogen-bond acceptors (Lipinski definition) is 3. The SMILES string of the molecule is O=C(CSCC(=O)c1ccc2cccccc1-2)c1ccc2cccccc1-2. The van der Waals surface area contributed by atoms with Crippen molar-refractivity contribution in [2.75, 3.05) is 11.5 Å². The number of Topliss-reactive ketones (excluding diaryl/α,β-unsaturated/α-hetero) is 2. The van der Waals surface area contributed by atoms with Crippen LogP contribution in [0.15, 0.2) is 84.9 Å². The number of carbonyl (C=O) groups is 2. The number of rotatable bonds is 6. The van der Waals surface area contributed by atoms with E-state index in [1.807, 2.05) is 84.9 Å². The quantitative estimate of drug-likeness (QED) is 0.409. The van der Waals surface area contributed by atoms with Crippen molar-refractivity contribution in [2.45, 2.75) is 0 Å². The fraction of sp³-hybridized carbons (Fsp3) is 0.0833. The third-order valence-electron chi connectivity index (χ3n) is 4.65. The van der Waals surface area contributed by atoms with E-state index in [4.69, 9.17) is 0 Å². The lowest BCUT2D eigenvalue weighted by Crippen LogP contribution is -2.07. The number of thioether (sulfide) groups is 1. The highest BCUT2D eigenvalue weighted by Gasteiger charge is 2.17. The van der Waals surface area contributed by atoms with Gasteiger partial charge in [0.25, 0.3) is 0 Å². The summed E-state index contributed by atoms with van der Waals surface area (Å²) < 4.78 is 0. The first-order chi connectivity index (χ1) is 13.2. The molecule has 2 nitrogen and oxygen atoms in total. The van der Waals surface area contributed by atoms with E-state index in [1.165, 1.54) is 11.8 Å². The Bertz CT molecular complexity index is 969. The fourth-order valence-corrected chi connectivity index (χ4v) is 4.09. The van der Waals surface area contributed by atoms with Crippen LogP contribution in [0.2, 0.25) is 0 Å². The van der Waals surface area contributed by atoms with E-state index < -0.39 is 0 Å². The van der Waals surface area contributed by atoms with Gasteiger partial charge in [-0.1, -0.05) is 84.9 Å². The summed E-state index contributed by atoms with van der Waals surface area (Å²) in [5, 5.41) is 0. The van der Waals surface area contributed by atoms with Gasteiger partial charge in [0.1, 0.15) is 0 Å². The molecule has 0 bridgehead atoms. The maximum Gasteiger partial charge on any atom is 0.173 e. The van der Waals surface area contributed by atoms with Crippen LogP contribution in [-0.4, -0.2) is 23.1 Å². The van der Waals surface area contributed by atoms with Gasteiger partial charge in [0.2, 0.25) is 0 Å². The van der Waals surface area contributed by atoms with Crippen molar-refractivity contribution in [2.24, 2.45) is 0 Å². The zero-order valence-corrected chi connectivity index (χ0v) is 15.5. The molecule has 0 saturated carbocycles. The molecular weight excluding hydrogens is 352 g/mol. The molecule has 0 radical (unpaired) electrons. The molecule has 0 aromatic carbocycles. The molecule has 0 amide bonds. The number of hydrogen-bond donors (Lipinski definition) is 0. The molecule has 0 aliphatic heterocycles. The molecule has 0 aromatic heterocycles. The Labute approximate surface area is 162 Å². The number of ketones is 2. The van der Waals surface area contributed by atoms with Crippen LogP contribution in [0.5, 0.6) is 0 Å². The summed E-state index contributed by atoms with van der Waals surface area (Å²) in [5.41, 5.74) is 5.50. The van der Waals surface area contributed by atoms with Crippen LogP contribution in [0.25, 0.3) is 22.3 Å². The van der Waals surface area contributed by atoms with Crippen LogP contribution < -0.4 is 0 Å². The van der Waals surface area contributed by atoms with Gasteiger partial charge in [-0.05, 0) is 22.3 Å². The molecular formula is C24H18O2S. The summed E-state index contributed by atoms with van der Waals surface area (Å²) in [7, 11) is 0. The van der Waals surface area contributed by atoms with Gasteiger partial charge < -0.3 is 0 Å². The zero-order valence-electron chi connectivity index (χ0n) is 14.7. The molecule has 0 unspecified atom stereocenters. The summed E-state index contributed by atoms with van der Waals surface area (Å²) in [6.07, 6.45) is 0. The fourth-order valence-electron chi connectivity index (χ4n) is 3.31. The molecule has 0 N–H and O–H groups in total. The molecule has 4 rings (SSSR count). The first-order valence-electron chi connectivity index (χ1n) is 8.84. The minimum atomic E-state index is 0.0627. The summed E-state index contributed by atoms with van der Waals surface area (Å²) in [4.78, 5) is 25.2. The van der Waals surface area contributed by atoms with Gasteiger partial charge >= 0.3 is 0 Å². The van der Waals surface area contributed by atoms with Gasteiger partial charge in [0, 0.05) is 11.1 Å². The van der Waals surface area contributed by atoms with E-state index in [9.17, 15) is 9.59 Å². The van der Waals surface area contributed by atoms with Crippen LogP contribution in [-0.2, 0) is 0 Å². The van der Waals surface area contributed by atoms with Crippen molar-refractivity contribution in [3.63, 3.8) is 0 Å². The Morgan fingerprint density at radius 1 is 0.556 bits per heavy atom. The normalized spacial score (nSPS) is 11.0. The molecule has 4 aliphatic carbocycles. The van der Waals surface area contributed by atoms with Crippen molar-refractivity contribution in [1.82, 2.24) is 0 Å². The summed E-state index contributed by atoms with van der Waals surface area (Å²) in [6, 6.07) is 27.3. The third-order valence-corrected chi connectivity index (χ3v) is 5.58. The molecule has 0 fully saturated rings. The monoisotopic (exact) mass is 370 g/mol. The highest BCUT2D eigenvalue weighted by molar-refractivity contribution is 8.00. The van der Waals surface area contributed by atoms with Crippen LogP contribution in [0.3, 0.4) is 0 Å². The number of carbonyl (C=O) groups excluding carboxylic acids is 2. The van der Waals surface area contributed by atoms with E-state index in [1.54, 1.807) is 0 Å². The lowest BCUT2D eigenvalue weighted by molar-refractivity contribution is 0.102. The maximum atomic E-state index is 12.6. The largest absolute Gasteiger partial charge is 0.293 e. The van der Waals surface area contributed by atoms with E-state index in [2.05, 4.69) is 0 Å². The predicted molar refractivity (Wildman–Crippen MR) is 112 cm³/mol. The van der Waals surface area contributed by atoms with E-state index in [0.717, 1.165) is 33.4 Å². The lowest BCUT2D eigenvalue weighted by atomic mass is 10.1. The first-order valence-corrected chi connectivity index (χ1v) is 9.99. The van der Waals surface area contributed by atoms with Crippen molar-refractivity contribution in [3.05, 3.63) is 96.1 Å². The van der Waals surface area contributed by atoms with Crippen LogP contribution in [0.1, 0.15) is 20.7 Å². The number of fused-ring (bicyclic) bond motifs is 2. The van der Waals surface area contributed by atoms with Crippen molar-refractivity contribution in [3.8, 4) is 22.3 Å². The van der Waals surface area contributed by atoms with Crippen LogP contribution >= 0.6 is 11.8 Å². The van der Waals surface area contributed by atoms with E-state index in [0.29, 0.717) is 11.5 Å². The highest BCUT2D eigenvalue weighted by atomic mass is 32.2. The molecule has 0 atom stereocenters. The Morgan fingerprint density at radius 2 is 1.00 bits per heavy atom. The zero-order chi connectivity index (χ0) is 18.6. The van der Waals surface area contributed by atoms with E-state index in [-0.39, 0.29) is 11.6 Å². The van der Waals surface area contributed by atoms with E-state index >= 15 is 0 Å². The Kier molecular flexibility index (Phi) is 5.03. The summed E-state index contributed by atoms with van der Waals surface area (Å²) in [5.74, 6) is 0.728. The molecule has 0 aromatic rings. The van der Waals surface area contributed by atoms with Gasteiger partial charge in [-0.25, -0.2) is 0 Å². The van der Waals surface area contributed by atoms with Crippen molar-refractivity contribution in [1.29, 1.82) is 0 Å². The second-order valence-corrected chi connectivity index (χ2v) is 7.38.